The van der Waals surface area contributed by atoms with Crippen LogP contribution in [0.5, 0.6) is 0 Å². The van der Waals surface area contributed by atoms with Gasteiger partial charge in [-0.1, -0.05) is 20.8 Å². The molecule has 0 aliphatic rings. The third-order valence-electron chi connectivity index (χ3n) is 2.70. The first-order valence-corrected chi connectivity index (χ1v) is 7.17. The highest BCUT2D eigenvalue weighted by Crippen LogP contribution is 2.22. The fourth-order valence-electron chi connectivity index (χ4n) is 1.52. The smallest absolute Gasteiger partial charge is 0.141 e. The molecule has 2 atom stereocenters. The van der Waals surface area contributed by atoms with Gasteiger partial charge in [-0.25, -0.2) is 4.39 Å². The number of rotatable bonds is 7. The van der Waals surface area contributed by atoms with Crippen molar-refractivity contribution in [2.75, 3.05) is 12.3 Å². The highest BCUT2D eigenvalue weighted by atomic mass is 32.2. The lowest BCUT2D eigenvalue weighted by atomic mass is 10.1. The van der Waals surface area contributed by atoms with Crippen molar-refractivity contribution in [2.24, 2.45) is 0 Å². The maximum absolute atomic E-state index is 13.1. The third-order valence-corrected chi connectivity index (χ3v) is 4.13. The standard InChI is InChI=1S/C13H21FN2S/c1-4-10(3)17-9-13(16-5-2)11-6-12(14)8-15-7-11/h6-8,10,13,16H,4-5,9H2,1-3H3. The molecule has 1 rings (SSSR count). The fraction of sp³-hybridized carbons (Fsp3) is 0.615. The molecule has 0 saturated carbocycles. The van der Waals surface area contributed by atoms with Gasteiger partial charge in [0.1, 0.15) is 5.82 Å². The van der Waals surface area contributed by atoms with E-state index >= 15 is 0 Å². The number of nitrogens with zero attached hydrogens (tertiary/aromatic N) is 1. The van der Waals surface area contributed by atoms with Crippen LogP contribution < -0.4 is 5.32 Å². The van der Waals surface area contributed by atoms with Gasteiger partial charge in [-0.3, -0.25) is 4.98 Å². The van der Waals surface area contributed by atoms with E-state index in [1.807, 2.05) is 11.8 Å². The summed E-state index contributed by atoms with van der Waals surface area (Å²) in [4.78, 5) is 3.91. The number of aromatic nitrogens is 1. The molecule has 2 nitrogen and oxygen atoms in total. The van der Waals surface area contributed by atoms with E-state index in [2.05, 4.69) is 31.1 Å². The van der Waals surface area contributed by atoms with Crippen molar-refractivity contribution >= 4 is 11.8 Å². The normalized spacial score (nSPS) is 14.6. The van der Waals surface area contributed by atoms with Crippen molar-refractivity contribution in [1.29, 1.82) is 0 Å². The molecule has 0 aliphatic heterocycles. The topological polar surface area (TPSA) is 24.9 Å². The summed E-state index contributed by atoms with van der Waals surface area (Å²) in [5, 5.41) is 4.01. The van der Waals surface area contributed by atoms with Gasteiger partial charge in [-0.05, 0) is 24.6 Å². The van der Waals surface area contributed by atoms with E-state index in [0.717, 1.165) is 24.3 Å². The molecule has 0 amide bonds. The first-order valence-electron chi connectivity index (χ1n) is 6.12. The minimum atomic E-state index is -0.265. The average molecular weight is 256 g/mol. The number of hydrogen-bond donors (Lipinski definition) is 1. The van der Waals surface area contributed by atoms with Crippen LogP contribution in [0.3, 0.4) is 0 Å². The molecule has 1 heterocycles. The summed E-state index contributed by atoms with van der Waals surface area (Å²) in [6.45, 7) is 7.34. The van der Waals surface area contributed by atoms with Gasteiger partial charge in [0.25, 0.3) is 0 Å². The van der Waals surface area contributed by atoms with Crippen molar-refractivity contribution in [3.8, 4) is 0 Å². The van der Waals surface area contributed by atoms with E-state index in [9.17, 15) is 4.39 Å². The zero-order valence-electron chi connectivity index (χ0n) is 10.7. The molecule has 17 heavy (non-hydrogen) atoms. The molecule has 96 valence electrons. The van der Waals surface area contributed by atoms with Crippen LogP contribution in [-0.4, -0.2) is 22.5 Å². The molecule has 0 fully saturated rings. The van der Waals surface area contributed by atoms with E-state index in [4.69, 9.17) is 0 Å². The molecule has 0 aliphatic carbocycles. The Bertz CT molecular complexity index is 333. The number of nitrogens with one attached hydrogen (secondary N) is 1. The highest BCUT2D eigenvalue weighted by molar-refractivity contribution is 7.99. The van der Waals surface area contributed by atoms with Crippen molar-refractivity contribution in [3.63, 3.8) is 0 Å². The summed E-state index contributed by atoms with van der Waals surface area (Å²) in [6, 6.07) is 1.75. The molecule has 1 N–H and O–H groups in total. The lowest BCUT2D eigenvalue weighted by molar-refractivity contribution is 0.582. The SMILES string of the molecule is CCNC(CSC(C)CC)c1cncc(F)c1. The summed E-state index contributed by atoms with van der Waals surface area (Å²) in [5.41, 5.74) is 0.933. The van der Waals surface area contributed by atoms with Gasteiger partial charge in [0.05, 0.1) is 6.20 Å². The molecule has 4 heteroatoms. The zero-order chi connectivity index (χ0) is 12.7. The van der Waals surface area contributed by atoms with Crippen molar-refractivity contribution < 1.29 is 4.39 Å². The zero-order valence-corrected chi connectivity index (χ0v) is 11.6. The van der Waals surface area contributed by atoms with Gasteiger partial charge in [-0.15, -0.1) is 0 Å². The van der Waals surface area contributed by atoms with Gasteiger partial charge < -0.3 is 5.32 Å². The molecule has 1 aromatic heterocycles. The minimum absolute atomic E-state index is 0.183. The minimum Gasteiger partial charge on any atom is -0.309 e. The van der Waals surface area contributed by atoms with Crippen LogP contribution in [0, 0.1) is 5.82 Å². The highest BCUT2D eigenvalue weighted by Gasteiger charge is 2.13. The summed E-state index contributed by atoms with van der Waals surface area (Å²) in [5.74, 6) is 0.687. The second-order valence-electron chi connectivity index (χ2n) is 4.10. The summed E-state index contributed by atoms with van der Waals surface area (Å²) < 4.78 is 13.1. The Labute approximate surface area is 107 Å². The van der Waals surface area contributed by atoms with Crippen molar-refractivity contribution in [2.45, 2.75) is 38.5 Å². The Kier molecular flexibility index (Phi) is 6.52. The van der Waals surface area contributed by atoms with E-state index < -0.39 is 0 Å². The second kappa shape index (κ2) is 7.67. The van der Waals surface area contributed by atoms with Gasteiger partial charge in [0.2, 0.25) is 0 Å². The van der Waals surface area contributed by atoms with E-state index in [1.165, 1.54) is 6.20 Å². The number of pyridine rings is 1. The Morgan fingerprint density at radius 2 is 2.18 bits per heavy atom. The third kappa shape index (κ3) is 5.04. The molecule has 0 spiro atoms. The van der Waals surface area contributed by atoms with Crippen LogP contribution in [0.2, 0.25) is 0 Å². The predicted molar refractivity (Wildman–Crippen MR) is 72.8 cm³/mol. The lowest BCUT2D eigenvalue weighted by Gasteiger charge is -2.19. The quantitative estimate of drug-likeness (QED) is 0.809. The van der Waals surface area contributed by atoms with Crippen molar-refractivity contribution in [1.82, 2.24) is 10.3 Å². The lowest BCUT2D eigenvalue weighted by Crippen LogP contribution is -2.24. The van der Waals surface area contributed by atoms with Crippen LogP contribution >= 0.6 is 11.8 Å². The summed E-state index contributed by atoms with van der Waals surface area (Å²) in [7, 11) is 0. The predicted octanol–water partition coefficient (Wildman–Crippen LogP) is 3.40. The Hall–Kier alpha value is -0.610. The Balaban J connectivity index is 2.64. The number of thioether (sulfide) groups is 1. The van der Waals surface area contributed by atoms with Crippen LogP contribution in [0.15, 0.2) is 18.5 Å². The fourth-order valence-corrected chi connectivity index (χ4v) is 2.58. The van der Waals surface area contributed by atoms with Gasteiger partial charge in [0, 0.05) is 23.2 Å². The van der Waals surface area contributed by atoms with Crippen LogP contribution in [0.4, 0.5) is 4.39 Å². The molecule has 0 saturated heterocycles. The molecular formula is C13H21FN2S. The summed E-state index contributed by atoms with van der Waals surface area (Å²) in [6.07, 6.45) is 4.15. The molecule has 1 aromatic rings. The molecule has 0 radical (unpaired) electrons. The second-order valence-corrected chi connectivity index (χ2v) is 5.57. The maximum atomic E-state index is 13.1. The van der Waals surface area contributed by atoms with Crippen LogP contribution in [0.1, 0.15) is 38.8 Å². The van der Waals surface area contributed by atoms with Gasteiger partial charge in [-0.2, -0.15) is 11.8 Å². The molecule has 2 unspecified atom stereocenters. The Morgan fingerprint density at radius 3 is 2.76 bits per heavy atom. The van der Waals surface area contributed by atoms with Gasteiger partial charge in [0.15, 0.2) is 0 Å². The first kappa shape index (κ1) is 14.5. The summed E-state index contributed by atoms with van der Waals surface area (Å²) >= 11 is 1.91. The number of hydrogen-bond acceptors (Lipinski definition) is 3. The monoisotopic (exact) mass is 256 g/mol. The largest absolute Gasteiger partial charge is 0.309 e. The molecular weight excluding hydrogens is 235 g/mol. The number of halogens is 1. The Morgan fingerprint density at radius 1 is 1.41 bits per heavy atom. The molecule has 0 bridgehead atoms. The van der Waals surface area contributed by atoms with E-state index in [1.54, 1.807) is 12.3 Å². The van der Waals surface area contributed by atoms with Crippen molar-refractivity contribution in [3.05, 3.63) is 29.8 Å². The van der Waals surface area contributed by atoms with Crippen LogP contribution in [0.25, 0.3) is 0 Å². The molecule has 0 aromatic carbocycles. The van der Waals surface area contributed by atoms with Gasteiger partial charge >= 0.3 is 0 Å². The van der Waals surface area contributed by atoms with E-state index in [0.29, 0.717) is 5.25 Å². The first-order chi connectivity index (χ1) is 8.17. The maximum Gasteiger partial charge on any atom is 0.141 e. The average Bonchev–Trinajstić information content (AvgIpc) is 2.34. The van der Waals surface area contributed by atoms with E-state index in [-0.39, 0.29) is 11.9 Å². The van der Waals surface area contributed by atoms with Crippen LogP contribution in [-0.2, 0) is 0 Å².